The van der Waals surface area contributed by atoms with Gasteiger partial charge in [0.05, 0.1) is 12.1 Å². The Bertz CT molecular complexity index is 795. The maximum absolute atomic E-state index is 12.6. The third kappa shape index (κ3) is 7.18. The first kappa shape index (κ1) is 20.6. The van der Waals surface area contributed by atoms with Gasteiger partial charge in [0.25, 0.3) is 5.91 Å². The van der Waals surface area contributed by atoms with Crippen molar-refractivity contribution >= 4 is 23.4 Å². The highest BCUT2D eigenvalue weighted by Gasteiger charge is 2.30. The second-order valence-electron chi connectivity index (χ2n) is 5.49. The molecular formula is C18H16ClF3N2O3. The number of hydrogen-bond acceptors (Lipinski definition) is 3. The first-order valence-electron chi connectivity index (χ1n) is 7.82. The zero-order valence-corrected chi connectivity index (χ0v) is 14.7. The second-order valence-corrected chi connectivity index (χ2v) is 5.93. The molecule has 0 atom stereocenters. The zero-order chi connectivity index (χ0) is 19.9. The molecule has 5 nitrogen and oxygen atoms in total. The van der Waals surface area contributed by atoms with Crippen molar-refractivity contribution in [3.05, 3.63) is 64.7 Å². The number of amides is 2. The Balaban J connectivity index is 1.71. The van der Waals surface area contributed by atoms with Gasteiger partial charge in [0.1, 0.15) is 5.75 Å². The van der Waals surface area contributed by atoms with E-state index in [9.17, 15) is 22.8 Å². The van der Waals surface area contributed by atoms with Gasteiger partial charge in [0, 0.05) is 11.6 Å². The van der Waals surface area contributed by atoms with Gasteiger partial charge in [-0.3, -0.25) is 9.59 Å². The lowest BCUT2D eigenvalue weighted by Crippen LogP contribution is -2.38. The molecule has 0 radical (unpaired) electrons. The van der Waals surface area contributed by atoms with Gasteiger partial charge >= 0.3 is 6.18 Å². The minimum atomic E-state index is -4.45. The predicted molar refractivity (Wildman–Crippen MR) is 93.2 cm³/mol. The minimum Gasteiger partial charge on any atom is -0.484 e. The van der Waals surface area contributed by atoms with Crippen molar-refractivity contribution in [2.24, 2.45) is 0 Å². The fraction of sp³-hybridized carbons (Fsp3) is 0.222. The highest BCUT2D eigenvalue weighted by molar-refractivity contribution is 6.30. The van der Waals surface area contributed by atoms with Gasteiger partial charge in [-0.1, -0.05) is 23.7 Å². The van der Waals surface area contributed by atoms with E-state index in [1.807, 2.05) is 0 Å². The number of rotatable bonds is 7. The van der Waals surface area contributed by atoms with Crippen LogP contribution in [0.3, 0.4) is 0 Å². The lowest BCUT2D eigenvalue weighted by molar-refractivity contribution is -0.137. The largest absolute Gasteiger partial charge is 0.484 e. The molecule has 0 aliphatic heterocycles. The smallest absolute Gasteiger partial charge is 0.416 e. The summed E-state index contributed by atoms with van der Waals surface area (Å²) < 4.78 is 43.1. The van der Waals surface area contributed by atoms with Crippen molar-refractivity contribution in [2.75, 3.05) is 13.2 Å². The Hall–Kier alpha value is -2.74. The maximum atomic E-state index is 12.6. The molecule has 27 heavy (non-hydrogen) atoms. The number of hydrogen-bond donors (Lipinski definition) is 2. The van der Waals surface area contributed by atoms with Crippen molar-refractivity contribution in [3.8, 4) is 5.75 Å². The predicted octanol–water partition coefficient (Wildman–Crippen LogP) is 3.17. The Morgan fingerprint density at radius 2 is 1.70 bits per heavy atom. The molecule has 0 bridgehead atoms. The molecule has 0 fully saturated rings. The number of ether oxygens (including phenoxy) is 1. The van der Waals surface area contributed by atoms with E-state index in [0.717, 1.165) is 12.1 Å². The lowest BCUT2D eigenvalue weighted by atomic mass is 10.1. The van der Waals surface area contributed by atoms with Crippen LogP contribution < -0.4 is 15.4 Å². The first-order valence-corrected chi connectivity index (χ1v) is 8.20. The van der Waals surface area contributed by atoms with Gasteiger partial charge in [0.15, 0.2) is 6.61 Å². The Morgan fingerprint density at radius 3 is 2.37 bits per heavy atom. The molecule has 0 saturated heterocycles. The van der Waals surface area contributed by atoms with Gasteiger partial charge in [-0.25, -0.2) is 0 Å². The summed E-state index contributed by atoms with van der Waals surface area (Å²) in [6.45, 7) is -0.690. The summed E-state index contributed by atoms with van der Waals surface area (Å²) in [4.78, 5) is 23.4. The quantitative estimate of drug-likeness (QED) is 0.750. The van der Waals surface area contributed by atoms with Crippen molar-refractivity contribution in [2.45, 2.75) is 12.7 Å². The van der Waals surface area contributed by atoms with Crippen molar-refractivity contribution in [1.82, 2.24) is 10.6 Å². The van der Waals surface area contributed by atoms with Crippen LogP contribution in [0.4, 0.5) is 13.2 Å². The van der Waals surface area contributed by atoms with Crippen LogP contribution in [0.1, 0.15) is 11.1 Å². The molecule has 0 unspecified atom stereocenters. The van der Waals surface area contributed by atoms with Crippen LogP contribution in [-0.2, 0) is 22.3 Å². The van der Waals surface area contributed by atoms with Gasteiger partial charge in [-0.05, 0) is 42.0 Å². The molecule has 0 aliphatic carbocycles. The van der Waals surface area contributed by atoms with Crippen LogP contribution in [0.15, 0.2) is 48.5 Å². The highest BCUT2D eigenvalue weighted by Crippen LogP contribution is 2.29. The fourth-order valence-corrected chi connectivity index (χ4v) is 2.16. The standard InChI is InChI=1S/C18H16ClF3N2O3/c19-14-4-6-15(7-5-14)27-11-17(26)24-10-16(25)23-9-12-2-1-3-13(8-12)18(20,21)22/h1-8H,9-11H2,(H,23,25)(H,24,26). The van der Waals surface area contributed by atoms with Crippen LogP contribution in [0, 0.1) is 0 Å². The van der Waals surface area contributed by atoms with Crippen LogP contribution in [-0.4, -0.2) is 25.0 Å². The van der Waals surface area contributed by atoms with Gasteiger partial charge in [-0.15, -0.1) is 0 Å². The molecule has 2 amide bonds. The monoisotopic (exact) mass is 400 g/mol. The average molecular weight is 401 g/mol. The van der Waals surface area contributed by atoms with E-state index in [1.54, 1.807) is 24.3 Å². The molecule has 2 rings (SSSR count). The van der Waals surface area contributed by atoms with Crippen LogP contribution >= 0.6 is 11.6 Å². The third-order valence-electron chi connectivity index (χ3n) is 3.37. The number of halogens is 4. The molecule has 0 heterocycles. The molecule has 0 spiro atoms. The average Bonchev–Trinajstić information content (AvgIpc) is 2.64. The number of nitrogens with one attached hydrogen (secondary N) is 2. The molecule has 144 valence electrons. The van der Waals surface area contributed by atoms with E-state index in [-0.39, 0.29) is 19.7 Å². The molecule has 0 saturated carbocycles. The summed E-state index contributed by atoms with van der Waals surface area (Å²) in [5.74, 6) is -0.602. The van der Waals surface area contributed by atoms with E-state index in [2.05, 4.69) is 10.6 Å². The van der Waals surface area contributed by atoms with Crippen molar-refractivity contribution in [1.29, 1.82) is 0 Å². The Morgan fingerprint density at radius 1 is 1.00 bits per heavy atom. The summed E-state index contributed by atoms with van der Waals surface area (Å²) in [7, 11) is 0. The van der Waals surface area contributed by atoms with Gasteiger partial charge < -0.3 is 15.4 Å². The van der Waals surface area contributed by atoms with Crippen LogP contribution in [0.5, 0.6) is 5.75 Å². The second kappa shape index (κ2) is 9.27. The molecule has 9 heteroatoms. The summed E-state index contributed by atoms with van der Waals surface area (Å²) in [5.41, 5.74) is -0.488. The van der Waals surface area contributed by atoms with Crippen molar-refractivity contribution in [3.63, 3.8) is 0 Å². The molecule has 2 aromatic rings. The van der Waals surface area contributed by atoms with E-state index in [4.69, 9.17) is 16.3 Å². The molecule has 2 aromatic carbocycles. The van der Waals surface area contributed by atoms with Crippen LogP contribution in [0.25, 0.3) is 0 Å². The molecular weight excluding hydrogens is 385 g/mol. The topological polar surface area (TPSA) is 67.4 Å². The normalized spacial score (nSPS) is 11.0. The minimum absolute atomic E-state index is 0.0834. The maximum Gasteiger partial charge on any atom is 0.416 e. The number of carbonyl (C=O) groups is 2. The number of carbonyl (C=O) groups excluding carboxylic acids is 2. The highest BCUT2D eigenvalue weighted by atomic mass is 35.5. The molecule has 0 aromatic heterocycles. The summed E-state index contributed by atoms with van der Waals surface area (Å²) >= 11 is 5.73. The summed E-state index contributed by atoms with van der Waals surface area (Å²) in [5, 5.41) is 5.32. The lowest BCUT2D eigenvalue weighted by Gasteiger charge is -2.10. The third-order valence-corrected chi connectivity index (χ3v) is 3.63. The Labute approximate surface area is 158 Å². The van der Waals surface area contributed by atoms with E-state index in [0.29, 0.717) is 16.3 Å². The molecule has 0 aliphatic rings. The van der Waals surface area contributed by atoms with E-state index < -0.39 is 23.6 Å². The zero-order valence-electron chi connectivity index (χ0n) is 14.0. The summed E-state index contributed by atoms with van der Waals surface area (Å²) in [6, 6.07) is 11.0. The van der Waals surface area contributed by atoms with Gasteiger partial charge in [0.2, 0.25) is 5.91 Å². The van der Waals surface area contributed by atoms with Gasteiger partial charge in [-0.2, -0.15) is 13.2 Å². The van der Waals surface area contributed by atoms with Crippen molar-refractivity contribution < 1.29 is 27.5 Å². The van der Waals surface area contributed by atoms with Crippen LogP contribution in [0.2, 0.25) is 5.02 Å². The molecule has 2 N–H and O–H groups in total. The number of alkyl halides is 3. The van der Waals surface area contributed by atoms with E-state index in [1.165, 1.54) is 12.1 Å². The Kier molecular flexibility index (Phi) is 7.06. The summed E-state index contributed by atoms with van der Waals surface area (Å²) in [6.07, 6.45) is -4.45. The first-order chi connectivity index (χ1) is 12.7. The fourth-order valence-electron chi connectivity index (χ4n) is 2.03. The number of benzene rings is 2. The van der Waals surface area contributed by atoms with E-state index >= 15 is 0 Å². The SMILES string of the molecule is O=C(CNC(=O)COc1ccc(Cl)cc1)NCc1cccc(C(F)(F)F)c1.